The van der Waals surface area contributed by atoms with Gasteiger partial charge >= 0.3 is 0 Å². The maximum atomic E-state index is 5.29. The molecule has 6 rings (SSSR count). The van der Waals surface area contributed by atoms with Crippen molar-refractivity contribution in [1.29, 1.82) is 0 Å². The van der Waals surface area contributed by atoms with Crippen molar-refractivity contribution in [3.05, 3.63) is 114 Å². The number of fused-ring (bicyclic) bond motifs is 4. The summed E-state index contributed by atoms with van der Waals surface area (Å²) in [6.45, 7) is 0. The van der Waals surface area contributed by atoms with Crippen LogP contribution in [0.2, 0.25) is 0 Å². The first kappa shape index (κ1) is 20.1. The molecular formula is C31H22N2O. The molecule has 0 aliphatic carbocycles. The predicted molar refractivity (Wildman–Crippen MR) is 142 cm³/mol. The topological polar surface area (TPSA) is 35.0 Å². The summed E-state index contributed by atoms with van der Waals surface area (Å²) in [5.74, 6) is 0.849. The van der Waals surface area contributed by atoms with Gasteiger partial charge in [0, 0.05) is 10.8 Å². The van der Waals surface area contributed by atoms with E-state index in [0.29, 0.717) is 0 Å². The van der Waals surface area contributed by atoms with Crippen LogP contribution in [0.25, 0.3) is 56.1 Å². The number of para-hydroxylation sites is 1. The van der Waals surface area contributed by atoms with Crippen molar-refractivity contribution in [3.8, 4) is 17.1 Å². The van der Waals surface area contributed by atoms with Crippen LogP contribution in [-0.4, -0.2) is 17.1 Å². The number of rotatable bonds is 4. The van der Waals surface area contributed by atoms with Crippen LogP contribution < -0.4 is 4.74 Å². The third-order valence-electron chi connectivity index (χ3n) is 6.16. The van der Waals surface area contributed by atoms with Crippen LogP contribution in [0.4, 0.5) is 0 Å². The van der Waals surface area contributed by atoms with Gasteiger partial charge in [0.2, 0.25) is 0 Å². The Morgan fingerprint density at radius 1 is 0.618 bits per heavy atom. The number of hydrogen-bond donors (Lipinski definition) is 0. The zero-order chi connectivity index (χ0) is 22.9. The Morgan fingerprint density at radius 3 is 2.21 bits per heavy atom. The van der Waals surface area contributed by atoms with Gasteiger partial charge in [-0.15, -0.1) is 0 Å². The van der Waals surface area contributed by atoms with Gasteiger partial charge in [0.15, 0.2) is 0 Å². The van der Waals surface area contributed by atoms with E-state index in [0.717, 1.165) is 50.1 Å². The molecule has 0 radical (unpaired) electrons. The van der Waals surface area contributed by atoms with Crippen LogP contribution in [0.3, 0.4) is 0 Å². The fourth-order valence-corrected chi connectivity index (χ4v) is 4.41. The smallest absolute Gasteiger partial charge is 0.118 e. The second-order valence-electron chi connectivity index (χ2n) is 8.27. The summed E-state index contributed by atoms with van der Waals surface area (Å²) in [6.07, 6.45) is 4.30. The van der Waals surface area contributed by atoms with Gasteiger partial charge in [-0.25, -0.2) is 9.97 Å². The van der Waals surface area contributed by atoms with Crippen molar-refractivity contribution in [3.63, 3.8) is 0 Å². The molecule has 0 unspecified atom stereocenters. The highest BCUT2D eigenvalue weighted by Gasteiger charge is 2.11. The van der Waals surface area contributed by atoms with Gasteiger partial charge in [-0.1, -0.05) is 78.9 Å². The quantitative estimate of drug-likeness (QED) is 0.264. The molecule has 0 N–H and O–H groups in total. The van der Waals surface area contributed by atoms with Crippen LogP contribution in [0.1, 0.15) is 11.1 Å². The Kier molecular flexibility index (Phi) is 5.00. The zero-order valence-electron chi connectivity index (χ0n) is 18.8. The molecule has 2 heterocycles. The van der Waals surface area contributed by atoms with Gasteiger partial charge in [0.25, 0.3) is 0 Å². The second-order valence-corrected chi connectivity index (χ2v) is 8.27. The molecule has 34 heavy (non-hydrogen) atoms. The molecule has 0 amide bonds. The van der Waals surface area contributed by atoms with Crippen LogP contribution >= 0.6 is 0 Å². The molecule has 0 aliphatic heterocycles. The molecule has 0 bridgehead atoms. The van der Waals surface area contributed by atoms with E-state index in [1.165, 1.54) is 10.8 Å². The first-order chi connectivity index (χ1) is 16.8. The molecule has 0 saturated heterocycles. The molecule has 0 spiro atoms. The van der Waals surface area contributed by atoms with E-state index in [1.54, 1.807) is 7.11 Å². The maximum absolute atomic E-state index is 5.29. The van der Waals surface area contributed by atoms with Crippen molar-refractivity contribution in [2.75, 3.05) is 7.11 Å². The van der Waals surface area contributed by atoms with E-state index in [1.807, 2.05) is 30.3 Å². The summed E-state index contributed by atoms with van der Waals surface area (Å²) in [6, 6.07) is 35.2. The molecule has 2 aromatic heterocycles. The van der Waals surface area contributed by atoms with Crippen LogP contribution in [0, 0.1) is 0 Å². The molecule has 0 fully saturated rings. The fraction of sp³-hybridized carbons (Fsp3) is 0.0323. The molecule has 0 saturated carbocycles. The zero-order valence-corrected chi connectivity index (χ0v) is 18.8. The van der Waals surface area contributed by atoms with Crippen LogP contribution in [0.5, 0.6) is 5.75 Å². The largest absolute Gasteiger partial charge is 0.497 e. The van der Waals surface area contributed by atoms with Gasteiger partial charge in [-0.2, -0.15) is 0 Å². The van der Waals surface area contributed by atoms with Gasteiger partial charge < -0.3 is 4.74 Å². The minimum Gasteiger partial charge on any atom is -0.497 e. The minimum atomic E-state index is 0.849. The normalized spacial score (nSPS) is 11.6. The lowest BCUT2D eigenvalue weighted by Crippen LogP contribution is -1.93. The molecule has 4 aromatic carbocycles. The maximum Gasteiger partial charge on any atom is 0.118 e. The molecule has 0 aliphatic rings. The predicted octanol–water partition coefficient (Wildman–Crippen LogP) is 7.78. The van der Waals surface area contributed by atoms with Gasteiger partial charge in [-0.05, 0) is 58.3 Å². The number of methoxy groups -OCH3 is 1. The highest BCUT2D eigenvalue weighted by atomic mass is 16.5. The van der Waals surface area contributed by atoms with Crippen molar-refractivity contribution < 1.29 is 4.74 Å². The van der Waals surface area contributed by atoms with Crippen molar-refractivity contribution in [2.24, 2.45) is 0 Å². The first-order valence-electron chi connectivity index (χ1n) is 11.3. The Hall–Kier alpha value is -4.50. The molecule has 0 atom stereocenters. The highest BCUT2D eigenvalue weighted by Crippen LogP contribution is 2.32. The molecule has 3 nitrogen and oxygen atoms in total. The standard InChI is InChI=1S/C31H22N2O/c1-34-25-16-11-21(12-17-25)10-13-24-20-30(28-18-15-23-7-3-5-9-27(23)32-28)33-29-19-14-22-6-2-4-8-26(22)31(24)29/h2-20H,1H3/b13-10+. The number of benzene rings is 4. The van der Waals surface area contributed by atoms with E-state index < -0.39 is 0 Å². The fourth-order valence-electron chi connectivity index (χ4n) is 4.41. The lowest BCUT2D eigenvalue weighted by atomic mass is 9.98. The van der Waals surface area contributed by atoms with Crippen molar-refractivity contribution in [2.45, 2.75) is 0 Å². The summed E-state index contributed by atoms with van der Waals surface area (Å²) >= 11 is 0. The van der Waals surface area contributed by atoms with Crippen LogP contribution in [-0.2, 0) is 0 Å². The van der Waals surface area contributed by atoms with Gasteiger partial charge in [0.05, 0.1) is 29.5 Å². The Bertz CT molecular complexity index is 1680. The van der Waals surface area contributed by atoms with E-state index in [-0.39, 0.29) is 0 Å². The second kappa shape index (κ2) is 8.45. The number of aromatic nitrogens is 2. The summed E-state index contributed by atoms with van der Waals surface area (Å²) in [5.41, 5.74) is 5.88. The lowest BCUT2D eigenvalue weighted by Gasteiger charge is -2.11. The van der Waals surface area contributed by atoms with Crippen LogP contribution in [0.15, 0.2) is 103 Å². The van der Waals surface area contributed by atoms with E-state index in [9.17, 15) is 0 Å². The molecule has 162 valence electrons. The summed E-state index contributed by atoms with van der Waals surface area (Å²) in [7, 11) is 1.68. The Morgan fingerprint density at radius 2 is 1.35 bits per heavy atom. The van der Waals surface area contributed by atoms with Crippen molar-refractivity contribution >= 4 is 44.7 Å². The van der Waals surface area contributed by atoms with E-state index >= 15 is 0 Å². The molecule has 3 heteroatoms. The van der Waals surface area contributed by atoms with Gasteiger partial charge in [-0.3, -0.25) is 0 Å². The minimum absolute atomic E-state index is 0.849. The average molecular weight is 439 g/mol. The monoisotopic (exact) mass is 438 g/mol. The van der Waals surface area contributed by atoms with Crippen molar-refractivity contribution in [1.82, 2.24) is 9.97 Å². The Balaban J connectivity index is 1.55. The molecular weight excluding hydrogens is 416 g/mol. The highest BCUT2D eigenvalue weighted by molar-refractivity contribution is 6.11. The molecule has 6 aromatic rings. The summed E-state index contributed by atoms with van der Waals surface area (Å²) < 4.78 is 5.29. The SMILES string of the molecule is COc1ccc(/C=C/c2cc(-c3ccc4ccccc4n3)nc3ccc4ccccc4c23)cc1. The third kappa shape index (κ3) is 3.67. The number of nitrogens with zero attached hydrogens (tertiary/aromatic N) is 2. The first-order valence-corrected chi connectivity index (χ1v) is 11.3. The lowest BCUT2D eigenvalue weighted by molar-refractivity contribution is 0.415. The average Bonchev–Trinajstić information content (AvgIpc) is 2.91. The number of ether oxygens (including phenoxy) is 1. The van der Waals surface area contributed by atoms with E-state index in [2.05, 4.69) is 84.9 Å². The van der Waals surface area contributed by atoms with Gasteiger partial charge in [0.1, 0.15) is 5.75 Å². The van der Waals surface area contributed by atoms with E-state index in [4.69, 9.17) is 14.7 Å². The number of hydrogen-bond acceptors (Lipinski definition) is 3. The third-order valence-corrected chi connectivity index (χ3v) is 6.16. The Labute approximate surface area is 198 Å². The summed E-state index contributed by atoms with van der Waals surface area (Å²) in [4.78, 5) is 9.92. The number of pyridine rings is 2. The summed E-state index contributed by atoms with van der Waals surface area (Å²) in [5, 5.41) is 4.66.